The number of benzene rings is 2. The largest absolute Gasteiger partial charge is 0.340 e. The molecule has 0 aliphatic heterocycles. The molecule has 8 heteroatoms. The van der Waals surface area contributed by atoms with Crippen molar-refractivity contribution in [3.63, 3.8) is 0 Å². The molecular weight excluding hydrogens is 337 g/mol. The Morgan fingerprint density at radius 1 is 1.08 bits per heavy atom. The molecule has 26 heavy (non-hydrogen) atoms. The predicted octanol–water partition coefficient (Wildman–Crippen LogP) is 4.42. The molecule has 0 amide bonds. The van der Waals surface area contributed by atoms with Gasteiger partial charge in [-0.25, -0.2) is 14.4 Å². The Balaban J connectivity index is 1.74. The molecule has 0 aliphatic carbocycles. The number of nitrogens with zero attached hydrogens (tertiary/aromatic N) is 3. The van der Waals surface area contributed by atoms with Crippen LogP contribution < -0.4 is 5.32 Å². The number of H-pyrrole nitrogens is 1. The number of anilines is 2. The number of nitrogens with one attached hydrogen (secondary N) is 2. The minimum Gasteiger partial charge on any atom is -0.340 e. The molecule has 0 fully saturated rings. The van der Waals surface area contributed by atoms with Crippen molar-refractivity contribution < 1.29 is 9.31 Å². The van der Waals surface area contributed by atoms with Gasteiger partial charge in [0.15, 0.2) is 0 Å². The van der Waals surface area contributed by atoms with Crippen molar-refractivity contribution in [3.8, 4) is 11.3 Å². The van der Waals surface area contributed by atoms with Gasteiger partial charge in [0.25, 0.3) is 5.69 Å². The van der Waals surface area contributed by atoms with Crippen LogP contribution in [0, 0.1) is 15.9 Å². The van der Waals surface area contributed by atoms with Gasteiger partial charge < -0.3 is 10.3 Å². The number of aromatic amines is 1. The van der Waals surface area contributed by atoms with Gasteiger partial charge in [0.1, 0.15) is 23.6 Å². The maximum Gasteiger partial charge on any atom is 0.270 e. The highest BCUT2D eigenvalue weighted by molar-refractivity contribution is 5.93. The summed E-state index contributed by atoms with van der Waals surface area (Å²) >= 11 is 0. The second-order valence-electron chi connectivity index (χ2n) is 5.61. The van der Waals surface area contributed by atoms with Gasteiger partial charge in [0.2, 0.25) is 0 Å². The Kier molecular flexibility index (Phi) is 3.77. The zero-order valence-corrected chi connectivity index (χ0v) is 13.3. The van der Waals surface area contributed by atoms with Gasteiger partial charge in [-0.3, -0.25) is 10.1 Å². The first-order chi connectivity index (χ1) is 12.6. The maximum atomic E-state index is 13.1. The van der Waals surface area contributed by atoms with Crippen LogP contribution >= 0.6 is 0 Å². The average molecular weight is 349 g/mol. The molecular formula is C18H12FN5O2. The first-order valence-electron chi connectivity index (χ1n) is 7.71. The third-order valence-electron chi connectivity index (χ3n) is 3.90. The Bertz CT molecular complexity index is 1110. The minimum atomic E-state index is -0.437. The van der Waals surface area contributed by atoms with E-state index < -0.39 is 4.92 Å². The summed E-state index contributed by atoms with van der Waals surface area (Å²) in [5.74, 6) is 0.229. The second kappa shape index (κ2) is 6.25. The standard InChI is InChI=1S/C18H12FN5O2/c19-12-4-6-13(7-5-12)22-17-15-9-16(23-18(15)21-10-20-17)11-2-1-3-14(8-11)24(25)26/h1-10H,(H2,20,21,22,23). The van der Waals surface area contributed by atoms with Gasteiger partial charge in [0, 0.05) is 29.1 Å². The molecule has 7 nitrogen and oxygen atoms in total. The van der Waals surface area contributed by atoms with E-state index in [1.165, 1.54) is 30.6 Å². The Labute approximate surface area is 146 Å². The number of nitro groups is 1. The van der Waals surface area contributed by atoms with Crippen LogP contribution in [0.15, 0.2) is 60.9 Å². The first kappa shape index (κ1) is 15.7. The van der Waals surface area contributed by atoms with Crippen LogP contribution in [0.4, 0.5) is 21.6 Å². The SMILES string of the molecule is O=[N+]([O-])c1cccc(-c2cc3c(Nc4ccc(F)cc4)ncnc3[nH]2)c1. The summed E-state index contributed by atoms with van der Waals surface area (Å²) < 4.78 is 13.1. The van der Waals surface area contributed by atoms with Crippen molar-refractivity contribution in [3.05, 3.63) is 76.9 Å². The van der Waals surface area contributed by atoms with E-state index in [0.717, 1.165) is 5.39 Å². The van der Waals surface area contributed by atoms with Crippen molar-refractivity contribution in [2.45, 2.75) is 0 Å². The molecule has 4 aromatic rings. The third kappa shape index (κ3) is 2.95. The van der Waals surface area contributed by atoms with Crippen LogP contribution in [0.2, 0.25) is 0 Å². The van der Waals surface area contributed by atoms with Crippen molar-refractivity contribution in [1.82, 2.24) is 15.0 Å². The van der Waals surface area contributed by atoms with Crippen molar-refractivity contribution in [2.24, 2.45) is 0 Å². The van der Waals surface area contributed by atoms with Gasteiger partial charge in [-0.1, -0.05) is 12.1 Å². The quantitative estimate of drug-likeness (QED) is 0.420. The lowest BCUT2D eigenvalue weighted by Gasteiger charge is -2.05. The molecule has 4 rings (SSSR count). The van der Waals surface area contributed by atoms with Crippen LogP contribution in [0.3, 0.4) is 0 Å². The Morgan fingerprint density at radius 3 is 2.65 bits per heavy atom. The number of nitro benzene ring substituents is 1. The zero-order valence-electron chi connectivity index (χ0n) is 13.3. The summed E-state index contributed by atoms with van der Waals surface area (Å²) in [6, 6.07) is 14.1. The molecule has 0 spiro atoms. The van der Waals surface area contributed by atoms with E-state index in [1.807, 2.05) is 6.07 Å². The predicted molar refractivity (Wildman–Crippen MR) is 95.7 cm³/mol. The van der Waals surface area contributed by atoms with E-state index in [0.29, 0.717) is 28.4 Å². The number of hydrogen-bond donors (Lipinski definition) is 2. The number of hydrogen-bond acceptors (Lipinski definition) is 5. The van der Waals surface area contributed by atoms with Gasteiger partial charge in [-0.15, -0.1) is 0 Å². The smallest absolute Gasteiger partial charge is 0.270 e. The van der Waals surface area contributed by atoms with Gasteiger partial charge in [-0.05, 0) is 30.3 Å². The van der Waals surface area contributed by atoms with Gasteiger partial charge in [-0.2, -0.15) is 0 Å². The molecule has 128 valence electrons. The summed E-state index contributed by atoms with van der Waals surface area (Å²) in [4.78, 5) is 22.1. The molecule has 0 unspecified atom stereocenters. The van der Waals surface area contributed by atoms with Crippen LogP contribution in [0.25, 0.3) is 22.3 Å². The highest BCUT2D eigenvalue weighted by Crippen LogP contribution is 2.29. The number of fused-ring (bicyclic) bond motifs is 1. The van der Waals surface area contributed by atoms with Crippen LogP contribution in [-0.4, -0.2) is 19.9 Å². The van der Waals surface area contributed by atoms with Crippen molar-refractivity contribution >= 4 is 28.2 Å². The zero-order chi connectivity index (χ0) is 18.1. The number of rotatable bonds is 4. The second-order valence-corrected chi connectivity index (χ2v) is 5.61. The van der Waals surface area contributed by atoms with E-state index in [1.54, 1.807) is 24.3 Å². The minimum absolute atomic E-state index is 0.0110. The highest BCUT2D eigenvalue weighted by Gasteiger charge is 2.12. The van der Waals surface area contributed by atoms with Gasteiger partial charge >= 0.3 is 0 Å². The summed E-state index contributed by atoms with van der Waals surface area (Å²) in [5.41, 5.74) is 2.64. The molecule has 0 aliphatic rings. The summed E-state index contributed by atoms with van der Waals surface area (Å²) in [7, 11) is 0. The number of halogens is 1. The molecule has 2 heterocycles. The fourth-order valence-electron chi connectivity index (χ4n) is 2.65. The lowest BCUT2D eigenvalue weighted by atomic mass is 10.1. The first-order valence-corrected chi connectivity index (χ1v) is 7.71. The van der Waals surface area contributed by atoms with Crippen molar-refractivity contribution in [2.75, 3.05) is 5.32 Å². The normalized spacial score (nSPS) is 10.8. The topological polar surface area (TPSA) is 96.7 Å². The molecule has 2 N–H and O–H groups in total. The fourth-order valence-corrected chi connectivity index (χ4v) is 2.65. The lowest BCUT2D eigenvalue weighted by Crippen LogP contribution is -1.94. The Hall–Kier alpha value is -3.81. The van der Waals surface area contributed by atoms with Gasteiger partial charge in [0.05, 0.1) is 10.3 Å². The van der Waals surface area contributed by atoms with E-state index in [9.17, 15) is 14.5 Å². The summed E-state index contributed by atoms with van der Waals surface area (Å²) in [6.45, 7) is 0. The molecule has 2 aromatic heterocycles. The lowest BCUT2D eigenvalue weighted by molar-refractivity contribution is -0.384. The number of non-ortho nitro benzene ring substituents is 1. The van der Waals surface area contributed by atoms with E-state index in [2.05, 4.69) is 20.3 Å². The Morgan fingerprint density at radius 2 is 1.88 bits per heavy atom. The average Bonchev–Trinajstić information content (AvgIpc) is 3.09. The van der Waals surface area contributed by atoms with E-state index in [-0.39, 0.29) is 11.5 Å². The monoisotopic (exact) mass is 349 g/mol. The summed E-state index contributed by atoms with van der Waals surface area (Å²) in [6.07, 6.45) is 1.40. The summed E-state index contributed by atoms with van der Waals surface area (Å²) in [5, 5.41) is 14.8. The molecule has 0 saturated carbocycles. The van der Waals surface area contributed by atoms with Crippen molar-refractivity contribution in [1.29, 1.82) is 0 Å². The van der Waals surface area contributed by atoms with Crippen LogP contribution in [0.1, 0.15) is 0 Å². The van der Waals surface area contributed by atoms with Crippen LogP contribution in [0.5, 0.6) is 0 Å². The maximum absolute atomic E-state index is 13.1. The molecule has 0 bridgehead atoms. The van der Waals surface area contributed by atoms with Crippen LogP contribution in [-0.2, 0) is 0 Å². The highest BCUT2D eigenvalue weighted by atomic mass is 19.1. The molecule has 0 saturated heterocycles. The van der Waals surface area contributed by atoms with E-state index >= 15 is 0 Å². The third-order valence-corrected chi connectivity index (χ3v) is 3.90. The van der Waals surface area contributed by atoms with E-state index in [4.69, 9.17) is 0 Å². The molecule has 2 aromatic carbocycles. The number of aromatic nitrogens is 3. The molecule has 0 atom stereocenters. The fraction of sp³-hybridized carbons (Fsp3) is 0. The molecule has 0 radical (unpaired) electrons.